The third-order valence-corrected chi connectivity index (χ3v) is 10.5. The summed E-state index contributed by atoms with van der Waals surface area (Å²) in [7, 11) is 0. The van der Waals surface area contributed by atoms with Crippen molar-refractivity contribution in [2.75, 3.05) is 39.6 Å². The highest BCUT2D eigenvalue weighted by atomic mass is 79.9. The summed E-state index contributed by atoms with van der Waals surface area (Å²) in [4.78, 5) is 23.6. The molecule has 2 heterocycles. The molecule has 4 aromatic rings. The van der Waals surface area contributed by atoms with Crippen LogP contribution < -0.4 is 14.2 Å². The fourth-order valence-corrected chi connectivity index (χ4v) is 6.96. The minimum Gasteiger partial charge on any atom is -0.503 e. The van der Waals surface area contributed by atoms with Gasteiger partial charge in [-0.25, -0.2) is 35.9 Å². The van der Waals surface area contributed by atoms with Crippen LogP contribution in [0.15, 0.2) is 33.2 Å². The Bertz CT molecular complexity index is 2200. The molecular weight excluding hydrogens is 1040 g/mol. The molecule has 4 aromatic carbocycles. The fourth-order valence-electron chi connectivity index (χ4n) is 5.87. The van der Waals surface area contributed by atoms with E-state index in [-0.39, 0.29) is 55.7 Å². The number of esters is 1. The SMILES string of the molecule is C.Cc1c(C(=O)O)ccc(Br)c1OCCOC1CCCCO1.Cc1c(C(=O)Oc2c(F)c(F)c(F)c(F)c2F)ccc(Br)c1OCCOC1CCCCO1.Oc1c(F)c(F)c(F)c(F)c1F. The van der Waals surface area contributed by atoms with Gasteiger partial charge in [0.15, 0.2) is 18.3 Å². The number of hydrogen-bond acceptors (Lipinski definition) is 10. The van der Waals surface area contributed by atoms with E-state index in [1.54, 1.807) is 19.1 Å². The summed E-state index contributed by atoms with van der Waals surface area (Å²) in [5, 5.41) is 17.4. The van der Waals surface area contributed by atoms with Crippen LogP contribution in [0.4, 0.5) is 43.9 Å². The lowest BCUT2D eigenvalue weighted by Crippen LogP contribution is -2.24. The second-order valence-electron chi connectivity index (χ2n) is 13.6. The van der Waals surface area contributed by atoms with Gasteiger partial charge in [0.2, 0.25) is 63.9 Å². The zero-order valence-electron chi connectivity index (χ0n) is 34.1. The molecule has 66 heavy (non-hydrogen) atoms. The Morgan fingerprint density at radius 1 is 0.576 bits per heavy atom. The first-order valence-corrected chi connectivity index (χ1v) is 20.8. The van der Waals surface area contributed by atoms with Crippen molar-refractivity contribution in [1.29, 1.82) is 0 Å². The van der Waals surface area contributed by atoms with Gasteiger partial charge in [-0.2, -0.15) is 17.6 Å². The van der Waals surface area contributed by atoms with Crippen LogP contribution >= 0.6 is 31.9 Å². The summed E-state index contributed by atoms with van der Waals surface area (Å²) in [6, 6.07) is 5.91. The van der Waals surface area contributed by atoms with Gasteiger partial charge in [-0.3, -0.25) is 0 Å². The first-order valence-electron chi connectivity index (χ1n) is 19.3. The zero-order valence-corrected chi connectivity index (χ0v) is 37.2. The molecule has 0 radical (unpaired) electrons. The summed E-state index contributed by atoms with van der Waals surface area (Å²) < 4.78 is 167. The molecule has 0 aromatic heterocycles. The maximum atomic E-state index is 13.8. The summed E-state index contributed by atoms with van der Waals surface area (Å²) in [6.45, 7) is 5.65. The van der Waals surface area contributed by atoms with Crippen molar-refractivity contribution in [3.8, 4) is 23.0 Å². The smallest absolute Gasteiger partial charge is 0.344 e. The number of hydrogen-bond donors (Lipinski definition) is 2. The normalized spacial score (nSPS) is 15.6. The number of carboxylic acid groups (broad SMARTS) is 1. The largest absolute Gasteiger partial charge is 0.503 e. The quantitative estimate of drug-likeness (QED) is 0.0330. The summed E-state index contributed by atoms with van der Waals surface area (Å²) >= 11 is 6.65. The molecule has 2 fully saturated rings. The standard InChI is InChI=1S/C21H18BrF5O5.C15H19BrO5.C6HF5O.CH4/c1-10-11(21(28)32-20-17(26)15(24)14(23)16(25)18(20)27)5-6-12(22)19(10)31-9-8-30-13-4-2-3-7-29-13;1-10-11(15(17)18)5-6-12(16)14(10)21-9-8-20-13-4-2-3-7-19-13;7-1-2(8)4(10)6(12)5(11)3(1)9;/h5-6,13H,2-4,7-9H2,1H3;5-6,13H,2-4,7-9H2,1H3,(H,17,18);12H;1H4. The lowest BCUT2D eigenvalue weighted by Gasteiger charge is -2.23. The Morgan fingerprint density at radius 2 is 0.955 bits per heavy atom. The molecule has 11 nitrogen and oxygen atoms in total. The second-order valence-corrected chi connectivity index (χ2v) is 15.3. The van der Waals surface area contributed by atoms with E-state index in [0.29, 0.717) is 35.6 Å². The molecule has 0 bridgehead atoms. The number of carbonyl (C=O) groups excluding carboxylic acids is 1. The van der Waals surface area contributed by atoms with Crippen molar-refractivity contribution >= 4 is 43.8 Å². The first kappa shape index (κ1) is 55.6. The average Bonchev–Trinajstić information content (AvgIpc) is 3.30. The second kappa shape index (κ2) is 26.0. The van der Waals surface area contributed by atoms with E-state index >= 15 is 0 Å². The summed E-state index contributed by atoms with van der Waals surface area (Å²) in [5.74, 6) is -27.4. The van der Waals surface area contributed by atoms with E-state index < -0.39 is 81.6 Å². The number of carboxylic acids is 1. The monoisotopic (exact) mass is 1080 g/mol. The number of aromatic hydroxyl groups is 1. The number of ether oxygens (including phenoxy) is 7. The van der Waals surface area contributed by atoms with Crippen molar-refractivity contribution in [2.45, 2.75) is 72.4 Å². The number of phenols is 1. The molecule has 2 aliphatic rings. The van der Waals surface area contributed by atoms with Crippen LogP contribution in [0.1, 0.15) is 77.8 Å². The minimum absolute atomic E-state index is 0. The number of halogens is 12. The van der Waals surface area contributed by atoms with E-state index in [9.17, 15) is 53.5 Å². The molecular formula is C43H42Br2F10O11. The van der Waals surface area contributed by atoms with Gasteiger partial charge in [0.25, 0.3) is 0 Å². The molecule has 2 unspecified atom stereocenters. The van der Waals surface area contributed by atoms with Crippen molar-refractivity contribution in [3.63, 3.8) is 0 Å². The molecule has 0 saturated carbocycles. The highest BCUT2D eigenvalue weighted by molar-refractivity contribution is 9.11. The van der Waals surface area contributed by atoms with E-state index in [2.05, 4.69) is 36.6 Å². The summed E-state index contributed by atoms with van der Waals surface area (Å²) in [5.41, 5.74) is 0.876. The number of phenolic OH excluding ortho intramolecular Hbond substituents is 1. The van der Waals surface area contributed by atoms with Crippen molar-refractivity contribution < 1.29 is 96.9 Å². The molecule has 364 valence electrons. The van der Waals surface area contributed by atoms with E-state index in [4.69, 9.17) is 38.6 Å². The Labute approximate surface area is 388 Å². The molecule has 2 aliphatic heterocycles. The number of aromatic carboxylic acids is 1. The van der Waals surface area contributed by atoms with Crippen LogP contribution in [0.5, 0.6) is 23.0 Å². The molecule has 23 heteroatoms. The molecule has 0 spiro atoms. The van der Waals surface area contributed by atoms with E-state index in [0.717, 1.165) is 49.6 Å². The fraction of sp³-hybridized carbons (Fsp3) is 0.395. The van der Waals surface area contributed by atoms with Gasteiger partial charge in [0.1, 0.15) is 24.7 Å². The zero-order chi connectivity index (χ0) is 48.1. The molecule has 6 rings (SSSR count). The van der Waals surface area contributed by atoms with Crippen molar-refractivity contribution in [1.82, 2.24) is 0 Å². The lowest BCUT2D eigenvalue weighted by atomic mass is 10.1. The van der Waals surface area contributed by atoms with Gasteiger partial charge in [0, 0.05) is 24.3 Å². The molecule has 0 amide bonds. The highest BCUT2D eigenvalue weighted by Gasteiger charge is 2.30. The Balaban J connectivity index is 0.000000291. The topological polar surface area (TPSA) is 139 Å². The summed E-state index contributed by atoms with van der Waals surface area (Å²) in [6.07, 6.45) is 5.44. The van der Waals surface area contributed by atoms with Gasteiger partial charge >= 0.3 is 11.9 Å². The first-order chi connectivity index (χ1) is 30.8. The van der Waals surface area contributed by atoms with Gasteiger partial charge in [-0.1, -0.05) is 7.43 Å². The van der Waals surface area contributed by atoms with Crippen LogP contribution in [0.3, 0.4) is 0 Å². The van der Waals surface area contributed by atoms with Crippen molar-refractivity contribution in [2.24, 2.45) is 0 Å². The van der Waals surface area contributed by atoms with Crippen LogP contribution in [-0.4, -0.2) is 74.4 Å². The number of carbonyl (C=O) groups is 2. The van der Waals surface area contributed by atoms with Crippen LogP contribution in [0.2, 0.25) is 0 Å². The van der Waals surface area contributed by atoms with Gasteiger partial charge < -0.3 is 43.4 Å². The average molecular weight is 1080 g/mol. The predicted octanol–water partition coefficient (Wildman–Crippen LogP) is 11.7. The van der Waals surface area contributed by atoms with E-state index in [1.165, 1.54) is 19.1 Å². The van der Waals surface area contributed by atoms with Crippen LogP contribution in [0.25, 0.3) is 0 Å². The van der Waals surface area contributed by atoms with Gasteiger partial charge in [-0.15, -0.1) is 0 Å². The number of benzene rings is 4. The molecule has 2 atom stereocenters. The van der Waals surface area contributed by atoms with E-state index in [1.807, 2.05) is 0 Å². The molecule has 2 saturated heterocycles. The maximum absolute atomic E-state index is 13.8. The Hall–Kier alpha value is -4.68. The van der Waals surface area contributed by atoms with Crippen molar-refractivity contribution in [3.05, 3.63) is 114 Å². The Kier molecular flexibility index (Phi) is 21.9. The highest BCUT2D eigenvalue weighted by Crippen LogP contribution is 2.35. The third kappa shape index (κ3) is 14.2. The van der Waals surface area contributed by atoms with Crippen LogP contribution in [-0.2, 0) is 18.9 Å². The Morgan fingerprint density at radius 3 is 1.35 bits per heavy atom. The number of rotatable bonds is 13. The van der Waals surface area contributed by atoms with Crippen LogP contribution in [0, 0.1) is 72.0 Å². The minimum atomic E-state index is -2.35. The van der Waals surface area contributed by atoms with Gasteiger partial charge in [-0.05, 0) is 108 Å². The molecule has 0 aliphatic carbocycles. The third-order valence-electron chi connectivity index (χ3n) is 9.26. The molecule has 2 N–H and O–H groups in total. The predicted molar refractivity (Wildman–Crippen MR) is 221 cm³/mol. The lowest BCUT2D eigenvalue weighted by molar-refractivity contribution is -0.165. The maximum Gasteiger partial charge on any atom is 0.344 e. The van der Waals surface area contributed by atoms with Gasteiger partial charge in [0.05, 0.1) is 33.3 Å².